The highest BCUT2D eigenvalue weighted by Crippen LogP contribution is 2.29. The van der Waals surface area contributed by atoms with E-state index in [9.17, 15) is 4.79 Å². The van der Waals surface area contributed by atoms with Gasteiger partial charge in [-0.05, 0) is 37.1 Å². The van der Waals surface area contributed by atoms with E-state index < -0.39 is 0 Å². The molecule has 88 valence electrons. The predicted molar refractivity (Wildman–Crippen MR) is 67.9 cm³/mol. The monoisotopic (exact) mass is 239 g/mol. The molecule has 0 aliphatic carbocycles. The molecule has 16 heavy (non-hydrogen) atoms. The van der Waals surface area contributed by atoms with Crippen molar-refractivity contribution in [3.05, 3.63) is 23.8 Å². The van der Waals surface area contributed by atoms with Crippen molar-refractivity contribution in [3.8, 4) is 0 Å². The lowest BCUT2D eigenvalue weighted by atomic mass is 10.2. The Morgan fingerprint density at radius 2 is 2.25 bits per heavy atom. The van der Waals surface area contributed by atoms with Crippen molar-refractivity contribution >= 4 is 23.4 Å². The summed E-state index contributed by atoms with van der Waals surface area (Å²) in [6.07, 6.45) is 0.734. The minimum atomic E-state index is -0.160. The molecule has 1 rings (SSSR count). The average Bonchev–Trinajstić information content (AvgIpc) is 2.27. The molecule has 0 aliphatic rings. The van der Waals surface area contributed by atoms with E-state index in [0.29, 0.717) is 0 Å². The van der Waals surface area contributed by atoms with Crippen molar-refractivity contribution in [2.24, 2.45) is 5.84 Å². The molecule has 0 bridgehead atoms. The molecule has 5 heteroatoms. The van der Waals surface area contributed by atoms with Gasteiger partial charge in [0.15, 0.2) is 0 Å². The summed E-state index contributed by atoms with van der Waals surface area (Å²) in [5.41, 5.74) is 9.66. The molecule has 1 amide bonds. The lowest BCUT2D eigenvalue weighted by Crippen LogP contribution is -2.37. The highest BCUT2D eigenvalue weighted by Gasteiger charge is 2.17. The van der Waals surface area contributed by atoms with Crippen LogP contribution in [0.5, 0.6) is 0 Å². The second kappa shape index (κ2) is 5.77. The number of carbonyl (C=O) groups excluding carboxylic acids is 1. The molecule has 0 spiro atoms. The van der Waals surface area contributed by atoms with Crippen molar-refractivity contribution in [1.82, 2.24) is 5.43 Å². The molecule has 0 aliphatic heterocycles. The molecule has 1 atom stereocenters. The van der Waals surface area contributed by atoms with Crippen molar-refractivity contribution < 1.29 is 4.79 Å². The second-order valence-electron chi connectivity index (χ2n) is 3.55. The number of amides is 1. The third-order valence-corrected chi connectivity index (χ3v) is 3.82. The highest BCUT2D eigenvalue weighted by atomic mass is 32.2. The van der Waals surface area contributed by atoms with E-state index in [2.05, 4.69) is 5.43 Å². The van der Waals surface area contributed by atoms with E-state index in [1.807, 2.05) is 32.0 Å². The minimum Gasteiger partial charge on any atom is -0.399 e. The Hall–Kier alpha value is -1.20. The molecular formula is C11H17N3OS. The van der Waals surface area contributed by atoms with Gasteiger partial charge in [0.25, 0.3) is 0 Å². The Balaban J connectivity index is 2.82. The Bertz CT molecular complexity index is 381. The zero-order valence-electron chi connectivity index (χ0n) is 9.49. The summed E-state index contributed by atoms with van der Waals surface area (Å²) in [6, 6.07) is 5.67. The van der Waals surface area contributed by atoms with Crippen molar-refractivity contribution in [3.63, 3.8) is 0 Å². The zero-order valence-corrected chi connectivity index (χ0v) is 10.3. The highest BCUT2D eigenvalue weighted by molar-refractivity contribution is 8.00. The van der Waals surface area contributed by atoms with Crippen LogP contribution in [0.25, 0.3) is 0 Å². The van der Waals surface area contributed by atoms with Gasteiger partial charge in [-0.1, -0.05) is 6.92 Å². The number of hydrogen-bond donors (Lipinski definition) is 3. The van der Waals surface area contributed by atoms with Gasteiger partial charge in [-0.25, -0.2) is 5.84 Å². The van der Waals surface area contributed by atoms with Gasteiger partial charge in [0.1, 0.15) is 0 Å². The number of nitrogens with two attached hydrogens (primary N) is 2. The van der Waals surface area contributed by atoms with Gasteiger partial charge in [-0.2, -0.15) is 0 Å². The Morgan fingerprint density at radius 1 is 1.56 bits per heavy atom. The predicted octanol–water partition coefficient (Wildman–Crippen LogP) is 1.44. The fourth-order valence-electron chi connectivity index (χ4n) is 1.37. The molecule has 4 nitrogen and oxygen atoms in total. The van der Waals surface area contributed by atoms with Crippen LogP contribution in [-0.4, -0.2) is 11.2 Å². The molecule has 0 saturated carbocycles. The van der Waals surface area contributed by atoms with E-state index in [1.54, 1.807) is 0 Å². The normalized spacial score (nSPS) is 12.2. The van der Waals surface area contributed by atoms with Crippen LogP contribution in [0.3, 0.4) is 0 Å². The van der Waals surface area contributed by atoms with E-state index in [0.717, 1.165) is 22.6 Å². The summed E-state index contributed by atoms with van der Waals surface area (Å²) in [5.74, 6) is 4.98. The van der Waals surface area contributed by atoms with Crippen LogP contribution in [0.4, 0.5) is 5.69 Å². The van der Waals surface area contributed by atoms with Gasteiger partial charge in [0.05, 0.1) is 5.25 Å². The zero-order chi connectivity index (χ0) is 12.1. The maximum atomic E-state index is 11.4. The van der Waals surface area contributed by atoms with Gasteiger partial charge in [-0.15, -0.1) is 11.8 Å². The number of hydrazine groups is 1. The molecule has 0 radical (unpaired) electrons. The number of carbonyl (C=O) groups is 1. The molecule has 0 aromatic heterocycles. The Kier molecular flexibility index (Phi) is 4.64. The van der Waals surface area contributed by atoms with E-state index in [4.69, 9.17) is 11.6 Å². The van der Waals surface area contributed by atoms with Crippen LogP contribution in [-0.2, 0) is 4.79 Å². The number of rotatable bonds is 4. The maximum Gasteiger partial charge on any atom is 0.247 e. The molecule has 0 fully saturated rings. The van der Waals surface area contributed by atoms with Crippen molar-refractivity contribution in [2.45, 2.75) is 30.4 Å². The molecule has 0 heterocycles. The van der Waals surface area contributed by atoms with Crippen molar-refractivity contribution in [2.75, 3.05) is 5.73 Å². The van der Waals surface area contributed by atoms with Gasteiger partial charge in [0, 0.05) is 10.6 Å². The number of thioether (sulfide) groups is 1. The quantitative estimate of drug-likeness (QED) is 0.244. The summed E-state index contributed by atoms with van der Waals surface area (Å²) in [5, 5.41) is -0.160. The molecule has 1 aromatic rings. The van der Waals surface area contributed by atoms with Gasteiger partial charge < -0.3 is 5.73 Å². The smallest absolute Gasteiger partial charge is 0.247 e. The maximum absolute atomic E-state index is 11.4. The Labute approximate surface area is 99.7 Å². The summed E-state index contributed by atoms with van der Waals surface area (Å²) in [6.45, 7) is 3.94. The van der Waals surface area contributed by atoms with Crippen LogP contribution >= 0.6 is 11.8 Å². The SMILES string of the molecule is CCC(Sc1ccc(N)cc1C)C(=O)NN. The Morgan fingerprint density at radius 3 is 2.75 bits per heavy atom. The molecule has 0 saturated heterocycles. The topological polar surface area (TPSA) is 81.1 Å². The summed E-state index contributed by atoms with van der Waals surface area (Å²) in [7, 11) is 0. The number of nitrogen functional groups attached to an aromatic ring is 1. The van der Waals surface area contributed by atoms with E-state index >= 15 is 0 Å². The van der Waals surface area contributed by atoms with Crippen LogP contribution < -0.4 is 17.0 Å². The van der Waals surface area contributed by atoms with Crippen molar-refractivity contribution in [1.29, 1.82) is 0 Å². The number of benzene rings is 1. The summed E-state index contributed by atoms with van der Waals surface area (Å²) in [4.78, 5) is 12.5. The minimum absolute atomic E-state index is 0.149. The van der Waals surface area contributed by atoms with Crippen LogP contribution in [0.15, 0.2) is 23.1 Å². The average molecular weight is 239 g/mol. The van der Waals surface area contributed by atoms with Crippen LogP contribution in [0, 0.1) is 6.92 Å². The first-order chi connectivity index (χ1) is 7.58. The molecular weight excluding hydrogens is 222 g/mol. The lowest BCUT2D eigenvalue weighted by Gasteiger charge is -2.14. The summed E-state index contributed by atoms with van der Waals surface area (Å²) < 4.78 is 0. The number of aryl methyl sites for hydroxylation is 1. The fraction of sp³-hybridized carbons (Fsp3) is 0.364. The third kappa shape index (κ3) is 3.15. The van der Waals surface area contributed by atoms with Crippen LogP contribution in [0.2, 0.25) is 0 Å². The largest absolute Gasteiger partial charge is 0.399 e. The van der Waals surface area contributed by atoms with Gasteiger partial charge >= 0.3 is 0 Å². The van der Waals surface area contributed by atoms with E-state index in [-0.39, 0.29) is 11.2 Å². The number of hydrogen-bond acceptors (Lipinski definition) is 4. The molecule has 1 unspecified atom stereocenters. The fourth-order valence-corrected chi connectivity index (χ4v) is 2.41. The van der Waals surface area contributed by atoms with Crippen LogP contribution in [0.1, 0.15) is 18.9 Å². The molecule has 5 N–H and O–H groups in total. The van der Waals surface area contributed by atoms with E-state index in [1.165, 1.54) is 11.8 Å². The van der Waals surface area contributed by atoms with Gasteiger partial charge in [-0.3, -0.25) is 10.2 Å². The second-order valence-corrected chi connectivity index (χ2v) is 4.79. The lowest BCUT2D eigenvalue weighted by molar-refractivity contribution is -0.120. The first-order valence-corrected chi connectivity index (χ1v) is 5.99. The first-order valence-electron chi connectivity index (χ1n) is 5.11. The molecule has 1 aromatic carbocycles. The third-order valence-electron chi connectivity index (χ3n) is 2.27. The standard InChI is InChI=1S/C11H17N3OS/c1-3-9(11(15)14-13)16-10-5-4-8(12)6-7(10)2/h4-6,9H,3,12-13H2,1-2H3,(H,14,15). The number of nitrogens with one attached hydrogen (secondary N) is 1. The number of anilines is 1. The summed E-state index contributed by atoms with van der Waals surface area (Å²) >= 11 is 1.51. The van der Waals surface area contributed by atoms with Gasteiger partial charge in [0.2, 0.25) is 5.91 Å². The first kappa shape index (κ1) is 12.9.